The number of hydrogen-bond acceptors (Lipinski definition) is 4. The van der Waals surface area contributed by atoms with Crippen molar-refractivity contribution >= 4 is 16.9 Å². The van der Waals surface area contributed by atoms with Gasteiger partial charge in [-0.1, -0.05) is 51.1 Å². The Morgan fingerprint density at radius 2 is 1.78 bits per heavy atom. The molecular weight excluding hydrogens is 400 g/mol. The van der Waals surface area contributed by atoms with Crippen LogP contribution in [0.4, 0.5) is 0 Å². The molecule has 1 aliphatic heterocycles. The molecule has 32 heavy (non-hydrogen) atoms. The highest BCUT2D eigenvalue weighted by Gasteiger charge is 2.34. The molecule has 0 radical (unpaired) electrons. The molecule has 3 aromatic rings. The molecule has 4 rings (SSSR count). The molecule has 5 nitrogen and oxygen atoms in total. The van der Waals surface area contributed by atoms with Gasteiger partial charge in [0.2, 0.25) is 0 Å². The number of benzene rings is 2. The van der Waals surface area contributed by atoms with Gasteiger partial charge in [0.25, 0.3) is 5.91 Å². The molecule has 1 fully saturated rings. The first-order valence-electron chi connectivity index (χ1n) is 11.7. The van der Waals surface area contributed by atoms with Gasteiger partial charge in [-0.3, -0.25) is 9.69 Å². The van der Waals surface area contributed by atoms with E-state index in [-0.39, 0.29) is 5.91 Å². The lowest BCUT2D eigenvalue weighted by molar-refractivity contribution is -0.0276. The Hall–Kier alpha value is -2.63. The number of fused-ring (bicyclic) bond motifs is 1. The van der Waals surface area contributed by atoms with Crippen molar-refractivity contribution in [3.8, 4) is 0 Å². The predicted molar refractivity (Wildman–Crippen MR) is 128 cm³/mol. The van der Waals surface area contributed by atoms with Crippen LogP contribution in [0.1, 0.15) is 60.9 Å². The quantitative estimate of drug-likeness (QED) is 0.557. The fourth-order valence-electron chi connectivity index (χ4n) is 4.34. The van der Waals surface area contributed by atoms with Crippen molar-refractivity contribution in [2.24, 2.45) is 5.92 Å². The molecule has 2 N–H and O–H groups in total. The number of furan rings is 1. The van der Waals surface area contributed by atoms with Gasteiger partial charge in [-0.15, -0.1) is 0 Å². The third-order valence-corrected chi connectivity index (χ3v) is 6.47. The van der Waals surface area contributed by atoms with Crippen LogP contribution in [0, 0.1) is 5.92 Å². The molecular formula is C27H34N2O3. The number of hydrogen-bond donors (Lipinski definition) is 2. The minimum Gasteiger partial charge on any atom is -0.451 e. The monoisotopic (exact) mass is 434 g/mol. The van der Waals surface area contributed by atoms with E-state index < -0.39 is 5.60 Å². The zero-order chi connectivity index (χ0) is 22.7. The lowest BCUT2D eigenvalue weighted by Gasteiger charge is -2.38. The predicted octanol–water partition coefficient (Wildman–Crippen LogP) is 4.86. The Morgan fingerprint density at radius 3 is 2.44 bits per heavy atom. The topological polar surface area (TPSA) is 65.7 Å². The van der Waals surface area contributed by atoms with Gasteiger partial charge in [0, 0.05) is 31.6 Å². The first kappa shape index (κ1) is 22.6. The summed E-state index contributed by atoms with van der Waals surface area (Å²) in [5, 5.41) is 15.1. The second-order valence-corrected chi connectivity index (χ2v) is 9.44. The summed E-state index contributed by atoms with van der Waals surface area (Å²) in [6, 6.07) is 16.4. The highest BCUT2D eigenvalue weighted by molar-refractivity contribution is 5.96. The number of carbonyl (C=O) groups excluding carboxylic acids is 1. The number of amides is 1. The van der Waals surface area contributed by atoms with E-state index in [1.165, 1.54) is 11.1 Å². The van der Waals surface area contributed by atoms with Gasteiger partial charge < -0.3 is 14.8 Å². The van der Waals surface area contributed by atoms with Crippen LogP contribution < -0.4 is 5.32 Å². The maximum Gasteiger partial charge on any atom is 0.287 e. The van der Waals surface area contributed by atoms with E-state index >= 15 is 0 Å². The Bertz CT molecular complexity index is 1060. The number of piperidine rings is 1. The molecule has 2 aromatic carbocycles. The van der Waals surface area contributed by atoms with Crippen LogP contribution in [-0.2, 0) is 18.6 Å². The third-order valence-electron chi connectivity index (χ3n) is 6.47. The Kier molecular flexibility index (Phi) is 6.68. The van der Waals surface area contributed by atoms with E-state index in [9.17, 15) is 9.90 Å². The number of aliphatic hydroxyl groups is 1. The standard InChI is InChI=1S/C27H34N2O3/c1-4-20-5-7-21(8-6-20)18-29-13-11-27(31,12-14-29)23-9-10-24-22(15-23)16-25(32-24)26(30)28-17-19(2)3/h5-10,15-16,19,31H,4,11-14,17-18H2,1-3H3,(H,28,30). The van der Waals surface area contributed by atoms with Gasteiger partial charge in [-0.05, 0) is 60.1 Å². The maximum atomic E-state index is 12.3. The number of rotatable bonds is 7. The molecule has 0 atom stereocenters. The lowest BCUT2D eigenvalue weighted by Crippen LogP contribution is -2.42. The van der Waals surface area contributed by atoms with E-state index in [1.807, 2.05) is 18.2 Å². The molecule has 0 unspecified atom stereocenters. The van der Waals surface area contributed by atoms with Gasteiger partial charge >= 0.3 is 0 Å². The SMILES string of the molecule is CCc1ccc(CN2CCC(O)(c3ccc4oc(C(=O)NCC(C)C)cc4c3)CC2)cc1. The first-order valence-corrected chi connectivity index (χ1v) is 11.7. The lowest BCUT2D eigenvalue weighted by atomic mass is 9.84. The molecule has 1 aliphatic rings. The summed E-state index contributed by atoms with van der Waals surface area (Å²) < 4.78 is 5.74. The molecule has 1 aromatic heterocycles. The van der Waals surface area contributed by atoms with Crippen LogP contribution in [-0.4, -0.2) is 35.5 Å². The van der Waals surface area contributed by atoms with E-state index in [2.05, 4.69) is 55.3 Å². The molecule has 1 saturated heterocycles. The van der Waals surface area contributed by atoms with Crippen molar-refractivity contribution in [1.82, 2.24) is 10.2 Å². The summed E-state index contributed by atoms with van der Waals surface area (Å²) in [4.78, 5) is 14.7. The molecule has 0 spiro atoms. The average Bonchev–Trinajstić information content (AvgIpc) is 3.23. The molecule has 5 heteroatoms. The van der Waals surface area contributed by atoms with Crippen LogP contribution in [0.15, 0.2) is 52.9 Å². The minimum atomic E-state index is -0.853. The molecule has 0 aliphatic carbocycles. The number of nitrogens with one attached hydrogen (secondary N) is 1. The van der Waals surface area contributed by atoms with Crippen molar-refractivity contribution in [1.29, 1.82) is 0 Å². The highest BCUT2D eigenvalue weighted by atomic mass is 16.3. The van der Waals surface area contributed by atoms with Crippen molar-refractivity contribution in [3.05, 3.63) is 71.0 Å². The summed E-state index contributed by atoms with van der Waals surface area (Å²) in [5.74, 6) is 0.495. The van der Waals surface area contributed by atoms with E-state index in [0.717, 1.165) is 37.0 Å². The zero-order valence-corrected chi connectivity index (χ0v) is 19.4. The second-order valence-electron chi connectivity index (χ2n) is 9.44. The molecule has 0 saturated carbocycles. The van der Waals surface area contributed by atoms with E-state index in [0.29, 0.717) is 36.6 Å². The molecule has 1 amide bonds. The van der Waals surface area contributed by atoms with Gasteiger partial charge in [0.15, 0.2) is 5.76 Å². The summed E-state index contributed by atoms with van der Waals surface area (Å²) in [7, 11) is 0. The highest BCUT2D eigenvalue weighted by Crippen LogP contribution is 2.35. The number of likely N-dealkylation sites (tertiary alicyclic amines) is 1. The Labute approximate surface area is 190 Å². The Balaban J connectivity index is 1.41. The van der Waals surface area contributed by atoms with Crippen LogP contribution in [0.5, 0.6) is 0 Å². The van der Waals surface area contributed by atoms with Crippen molar-refractivity contribution in [2.45, 2.75) is 52.2 Å². The van der Waals surface area contributed by atoms with Crippen molar-refractivity contribution in [2.75, 3.05) is 19.6 Å². The average molecular weight is 435 g/mol. The normalized spacial score (nSPS) is 16.5. The van der Waals surface area contributed by atoms with Crippen molar-refractivity contribution in [3.63, 3.8) is 0 Å². The summed E-state index contributed by atoms with van der Waals surface area (Å²) >= 11 is 0. The van der Waals surface area contributed by atoms with E-state index in [4.69, 9.17) is 4.42 Å². The van der Waals surface area contributed by atoms with Gasteiger partial charge in [0.05, 0.1) is 5.60 Å². The third kappa shape index (κ3) is 5.05. The fourth-order valence-corrected chi connectivity index (χ4v) is 4.34. The molecule has 170 valence electrons. The number of aryl methyl sites for hydroxylation is 1. The summed E-state index contributed by atoms with van der Waals surface area (Å²) in [6.07, 6.45) is 2.43. The van der Waals surface area contributed by atoms with Crippen molar-refractivity contribution < 1.29 is 14.3 Å². The summed E-state index contributed by atoms with van der Waals surface area (Å²) in [5.41, 5.74) is 3.38. The largest absolute Gasteiger partial charge is 0.451 e. The maximum absolute atomic E-state index is 12.3. The minimum absolute atomic E-state index is 0.199. The van der Waals surface area contributed by atoms with Crippen LogP contribution in [0.25, 0.3) is 11.0 Å². The van der Waals surface area contributed by atoms with E-state index in [1.54, 1.807) is 6.07 Å². The number of nitrogens with zero attached hydrogens (tertiary/aromatic N) is 1. The van der Waals surface area contributed by atoms with Gasteiger partial charge in [-0.2, -0.15) is 0 Å². The smallest absolute Gasteiger partial charge is 0.287 e. The number of carbonyl (C=O) groups is 1. The second kappa shape index (κ2) is 9.47. The Morgan fingerprint density at radius 1 is 1.09 bits per heavy atom. The fraction of sp³-hybridized carbons (Fsp3) is 0.444. The zero-order valence-electron chi connectivity index (χ0n) is 19.4. The first-order chi connectivity index (χ1) is 15.4. The van der Waals surface area contributed by atoms with Gasteiger partial charge in [-0.25, -0.2) is 0 Å². The summed E-state index contributed by atoms with van der Waals surface area (Å²) in [6.45, 7) is 9.49. The van der Waals surface area contributed by atoms with Crippen LogP contribution in [0.3, 0.4) is 0 Å². The van der Waals surface area contributed by atoms with Crippen LogP contribution >= 0.6 is 0 Å². The van der Waals surface area contributed by atoms with Gasteiger partial charge in [0.1, 0.15) is 5.58 Å². The van der Waals surface area contributed by atoms with Crippen LogP contribution in [0.2, 0.25) is 0 Å². The molecule has 0 bridgehead atoms. The molecule has 2 heterocycles.